The molecule has 2 aromatic carbocycles. The summed E-state index contributed by atoms with van der Waals surface area (Å²) >= 11 is 6.06. The summed E-state index contributed by atoms with van der Waals surface area (Å²) in [6.07, 6.45) is 0.975. The van der Waals surface area contributed by atoms with Crippen LogP contribution in [0.4, 0.5) is 5.69 Å². The van der Waals surface area contributed by atoms with Gasteiger partial charge in [0.15, 0.2) is 11.5 Å². The van der Waals surface area contributed by atoms with Crippen molar-refractivity contribution in [1.82, 2.24) is 0 Å². The molecule has 0 fully saturated rings. The highest BCUT2D eigenvalue weighted by molar-refractivity contribution is 6.30. The Morgan fingerprint density at radius 3 is 2.57 bits per heavy atom. The van der Waals surface area contributed by atoms with Crippen molar-refractivity contribution >= 4 is 17.3 Å². The average Bonchev–Trinajstić information content (AvgIpc) is 2.55. The van der Waals surface area contributed by atoms with Crippen molar-refractivity contribution in [1.29, 1.82) is 0 Å². The lowest BCUT2D eigenvalue weighted by Crippen LogP contribution is -2.04. The molecule has 0 heterocycles. The zero-order chi connectivity index (χ0) is 16.7. The normalized spacial score (nSPS) is 10.4. The van der Waals surface area contributed by atoms with Crippen LogP contribution in [0.25, 0.3) is 0 Å². The van der Waals surface area contributed by atoms with Crippen LogP contribution in [0.2, 0.25) is 5.02 Å². The van der Waals surface area contributed by atoms with Gasteiger partial charge in [0.05, 0.1) is 13.2 Å². The molecule has 0 amide bonds. The summed E-state index contributed by atoms with van der Waals surface area (Å²) in [6.45, 7) is 8.14. The Hall–Kier alpha value is -1.87. The minimum Gasteiger partial charge on any atom is -0.490 e. The van der Waals surface area contributed by atoms with Crippen molar-refractivity contribution < 1.29 is 9.47 Å². The molecule has 0 bridgehead atoms. The number of anilines is 1. The van der Waals surface area contributed by atoms with Gasteiger partial charge in [-0.05, 0) is 55.7 Å². The highest BCUT2D eigenvalue weighted by Gasteiger charge is 2.07. The highest BCUT2D eigenvalue weighted by atomic mass is 35.5. The molecule has 0 aromatic heterocycles. The molecule has 2 aromatic rings. The SMILES string of the molecule is CCCOc1ccc(CNc2cc(Cl)ccc2C)cc1OCC. The lowest BCUT2D eigenvalue weighted by molar-refractivity contribution is 0.276. The lowest BCUT2D eigenvalue weighted by Gasteiger charge is -2.14. The monoisotopic (exact) mass is 333 g/mol. The predicted molar refractivity (Wildman–Crippen MR) is 96.9 cm³/mol. The molecule has 0 saturated carbocycles. The predicted octanol–water partition coefficient (Wildman–Crippen LogP) is 5.45. The first-order valence-electron chi connectivity index (χ1n) is 8.02. The average molecular weight is 334 g/mol. The molecule has 0 saturated heterocycles. The van der Waals surface area contributed by atoms with Crippen molar-refractivity contribution in [2.75, 3.05) is 18.5 Å². The highest BCUT2D eigenvalue weighted by Crippen LogP contribution is 2.29. The fourth-order valence-corrected chi connectivity index (χ4v) is 2.42. The number of rotatable bonds is 8. The molecular formula is C19H24ClNO2. The first-order valence-corrected chi connectivity index (χ1v) is 8.40. The first-order chi connectivity index (χ1) is 11.1. The van der Waals surface area contributed by atoms with Crippen LogP contribution in [0.15, 0.2) is 36.4 Å². The largest absolute Gasteiger partial charge is 0.490 e. The number of nitrogens with one attached hydrogen (secondary N) is 1. The maximum absolute atomic E-state index is 6.06. The Morgan fingerprint density at radius 2 is 1.83 bits per heavy atom. The number of ether oxygens (including phenoxy) is 2. The number of benzene rings is 2. The Morgan fingerprint density at radius 1 is 1.00 bits per heavy atom. The molecule has 2 rings (SSSR count). The minimum atomic E-state index is 0.618. The Bertz CT molecular complexity index is 643. The number of aryl methyl sites for hydroxylation is 1. The Labute approximate surface area is 143 Å². The van der Waals surface area contributed by atoms with Crippen molar-refractivity contribution in [2.45, 2.75) is 33.7 Å². The summed E-state index contributed by atoms with van der Waals surface area (Å²) < 4.78 is 11.4. The van der Waals surface area contributed by atoms with Gasteiger partial charge in [-0.2, -0.15) is 0 Å². The Balaban J connectivity index is 2.10. The van der Waals surface area contributed by atoms with Crippen LogP contribution in [0.5, 0.6) is 11.5 Å². The van der Waals surface area contributed by atoms with Crippen molar-refractivity contribution in [3.63, 3.8) is 0 Å². The van der Waals surface area contributed by atoms with E-state index in [1.807, 2.05) is 37.3 Å². The van der Waals surface area contributed by atoms with Gasteiger partial charge in [-0.3, -0.25) is 0 Å². The number of hydrogen-bond donors (Lipinski definition) is 1. The molecule has 0 spiro atoms. The van der Waals surface area contributed by atoms with Crippen LogP contribution >= 0.6 is 11.6 Å². The summed E-state index contributed by atoms with van der Waals surface area (Å²) in [7, 11) is 0. The zero-order valence-electron chi connectivity index (χ0n) is 14.0. The van der Waals surface area contributed by atoms with Gasteiger partial charge < -0.3 is 14.8 Å². The van der Waals surface area contributed by atoms with Gasteiger partial charge in [0, 0.05) is 17.3 Å². The van der Waals surface area contributed by atoms with Crippen LogP contribution in [0.1, 0.15) is 31.4 Å². The lowest BCUT2D eigenvalue weighted by atomic mass is 10.1. The van der Waals surface area contributed by atoms with Gasteiger partial charge in [0.2, 0.25) is 0 Å². The van der Waals surface area contributed by atoms with Crippen LogP contribution in [-0.4, -0.2) is 13.2 Å². The van der Waals surface area contributed by atoms with E-state index < -0.39 is 0 Å². The minimum absolute atomic E-state index is 0.618. The molecule has 1 N–H and O–H groups in total. The van der Waals surface area contributed by atoms with E-state index in [1.165, 1.54) is 5.56 Å². The molecule has 0 aliphatic carbocycles. The second kappa shape index (κ2) is 8.68. The standard InChI is InChI=1S/C19H24ClNO2/c1-4-10-23-18-9-7-15(11-19(18)22-5-2)13-21-17-12-16(20)8-6-14(17)3/h6-9,11-12,21H,4-5,10,13H2,1-3H3. The van der Waals surface area contributed by atoms with E-state index in [2.05, 4.69) is 25.2 Å². The van der Waals surface area contributed by atoms with Crippen LogP contribution in [0.3, 0.4) is 0 Å². The molecule has 0 radical (unpaired) electrons. The van der Waals surface area contributed by atoms with Crippen molar-refractivity contribution in [3.8, 4) is 11.5 Å². The van der Waals surface area contributed by atoms with Gasteiger partial charge in [-0.15, -0.1) is 0 Å². The first kappa shape index (κ1) is 17.5. The second-order valence-corrected chi connectivity index (χ2v) is 5.81. The van der Waals surface area contributed by atoms with E-state index >= 15 is 0 Å². The van der Waals surface area contributed by atoms with Gasteiger partial charge in [-0.25, -0.2) is 0 Å². The van der Waals surface area contributed by atoms with Gasteiger partial charge in [-0.1, -0.05) is 30.7 Å². The van der Waals surface area contributed by atoms with Gasteiger partial charge in [0.1, 0.15) is 0 Å². The quantitative estimate of drug-likeness (QED) is 0.697. The summed E-state index contributed by atoms with van der Waals surface area (Å²) in [4.78, 5) is 0. The molecule has 0 atom stereocenters. The van der Waals surface area contributed by atoms with Crippen molar-refractivity contribution in [3.05, 3.63) is 52.5 Å². The second-order valence-electron chi connectivity index (χ2n) is 5.38. The van der Waals surface area contributed by atoms with E-state index in [4.69, 9.17) is 21.1 Å². The van der Waals surface area contributed by atoms with Gasteiger partial charge in [0.25, 0.3) is 0 Å². The molecule has 4 heteroatoms. The smallest absolute Gasteiger partial charge is 0.161 e. The fraction of sp³-hybridized carbons (Fsp3) is 0.368. The third-order valence-corrected chi connectivity index (χ3v) is 3.69. The van der Waals surface area contributed by atoms with E-state index in [9.17, 15) is 0 Å². The van der Waals surface area contributed by atoms with E-state index in [0.29, 0.717) is 19.8 Å². The van der Waals surface area contributed by atoms with Crippen LogP contribution < -0.4 is 14.8 Å². The summed E-state index contributed by atoms with van der Waals surface area (Å²) in [5.74, 6) is 1.60. The summed E-state index contributed by atoms with van der Waals surface area (Å²) in [5, 5.41) is 4.15. The van der Waals surface area contributed by atoms with Crippen LogP contribution in [-0.2, 0) is 6.54 Å². The molecular weight excluding hydrogens is 310 g/mol. The maximum atomic E-state index is 6.06. The molecule has 3 nitrogen and oxygen atoms in total. The van der Waals surface area contributed by atoms with E-state index in [1.54, 1.807) is 0 Å². The number of halogens is 1. The molecule has 0 unspecified atom stereocenters. The van der Waals surface area contributed by atoms with Crippen molar-refractivity contribution in [2.24, 2.45) is 0 Å². The fourth-order valence-electron chi connectivity index (χ4n) is 2.24. The third-order valence-electron chi connectivity index (χ3n) is 3.45. The molecule has 0 aliphatic heterocycles. The summed E-state index contributed by atoms with van der Waals surface area (Å²) in [5.41, 5.74) is 3.35. The molecule has 23 heavy (non-hydrogen) atoms. The zero-order valence-corrected chi connectivity index (χ0v) is 14.7. The maximum Gasteiger partial charge on any atom is 0.161 e. The van der Waals surface area contributed by atoms with E-state index in [0.717, 1.165) is 34.2 Å². The topological polar surface area (TPSA) is 30.5 Å². The third kappa shape index (κ3) is 5.07. The number of hydrogen-bond acceptors (Lipinski definition) is 3. The molecule has 124 valence electrons. The van der Waals surface area contributed by atoms with Crippen LogP contribution in [0, 0.1) is 6.92 Å². The summed E-state index contributed by atoms with van der Waals surface area (Å²) in [6, 6.07) is 11.9. The Kier molecular flexibility index (Phi) is 6.60. The van der Waals surface area contributed by atoms with E-state index in [-0.39, 0.29) is 0 Å². The molecule has 0 aliphatic rings. The van der Waals surface area contributed by atoms with Gasteiger partial charge >= 0.3 is 0 Å².